The third-order valence-electron chi connectivity index (χ3n) is 4.48. The number of aromatic nitrogens is 1. The van der Waals surface area contributed by atoms with Gasteiger partial charge in [0.25, 0.3) is 5.78 Å². The number of alkyl halides is 3. The van der Waals surface area contributed by atoms with Gasteiger partial charge >= 0.3 is 6.18 Å². The van der Waals surface area contributed by atoms with Gasteiger partial charge in [-0.1, -0.05) is 36.4 Å². The number of hydrogen-bond acceptors (Lipinski definition) is 3. The molecule has 3 rings (SSSR count). The average molecular weight is 376 g/mol. The Morgan fingerprint density at radius 3 is 2.37 bits per heavy atom. The van der Waals surface area contributed by atoms with E-state index in [9.17, 15) is 28.1 Å². The summed E-state index contributed by atoms with van der Waals surface area (Å²) in [7, 11) is 0. The van der Waals surface area contributed by atoms with Gasteiger partial charge in [-0.3, -0.25) is 14.9 Å². The number of fused-ring (bicyclic) bond motifs is 1. The maximum absolute atomic E-state index is 13.1. The molecule has 0 unspecified atom stereocenters. The number of hydrogen-bond donors (Lipinski definition) is 0. The van der Waals surface area contributed by atoms with Crippen LogP contribution in [-0.4, -0.2) is 27.8 Å². The number of carbonyl (C=O) groups is 1. The standard InChI is InChI=1S/C19H15F3N2O3/c1-12-16(18(25)19(20,21)22)15-9-5-6-10-23(15)17(12)14(11-24(26)27)13-7-3-2-4-8-13/h2-10,14H,11H2,1H3/t14-/m1/s1. The second-order valence-electron chi connectivity index (χ2n) is 6.15. The van der Waals surface area contributed by atoms with Crippen LogP contribution in [0.25, 0.3) is 5.52 Å². The van der Waals surface area contributed by atoms with E-state index >= 15 is 0 Å². The fourth-order valence-electron chi connectivity index (χ4n) is 3.40. The third kappa shape index (κ3) is 3.42. The highest BCUT2D eigenvalue weighted by molar-refractivity contribution is 6.07. The molecule has 140 valence electrons. The number of benzene rings is 1. The van der Waals surface area contributed by atoms with Gasteiger partial charge in [-0.25, -0.2) is 0 Å². The first-order valence-electron chi connectivity index (χ1n) is 8.09. The molecule has 0 radical (unpaired) electrons. The highest BCUT2D eigenvalue weighted by Crippen LogP contribution is 2.36. The minimum Gasteiger partial charge on any atom is -0.319 e. The summed E-state index contributed by atoms with van der Waals surface area (Å²) >= 11 is 0. The summed E-state index contributed by atoms with van der Waals surface area (Å²) in [6, 6.07) is 13.0. The fraction of sp³-hybridized carbons (Fsp3) is 0.211. The maximum atomic E-state index is 13.1. The number of nitro groups is 1. The molecule has 0 aliphatic heterocycles. The smallest absolute Gasteiger partial charge is 0.319 e. The SMILES string of the molecule is Cc1c(C(=O)C(F)(F)F)c2ccccn2c1[C@H](C[N+](=O)[O-])c1ccccc1. The summed E-state index contributed by atoms with van der Waals surface area (Å²) in [5.74, 6) is -2.76. The van der Waals surface area contributed by atoms with Crippen molar-refractivity contribution in [3.63, 3.8) is 0 Å². The van der Waals surface area contributed by atoms with Crippen molar-refractivity contribution < 1.29 is 22.9 Å². The first-order valence-corrected chi connectivity index (χ1v) is 8.09. The molecule has 0 saturated heterocycles. The van der Waals surface area contributed by atoms with Crippen molar-refractivity contribution in [3.8, 4) is 0 Å². The van der Waals surface area contributed by atoms with Crippen LogP contribution >= 0.6 is 0 Å². The molecule has 0 aliphatic carbocycles. The van der Waals surface area contributed by atoms with Crippen LogP contribution in [-0.2, 0) is 0 Å². The molecule has 0 bridgehead atoms. The monoisotopic (exact) mass is 376 g/mol. The van der Waals surface area contributed by atoms with E-state index in [1.54, 1.807) is 36.4 Å². The van der Waals surface area contributed by atoms with Crippen LogP contribution in [0.4, 0.5) is 13.2 Å². The van der Waals surface area contributed by atoms with Crippen LogP contribution in [0.2, 0.25) is 0 Å². The molecule has 0 N–H and O–H groups in total. The summed E-state index contributed by atoms with van der Waals surface area (Å²) in [4.78, 5) is 22.8. The summed E-state index contributed by atoms with van der Waals surface area (Å²) in [5, 5.41) is 11.3. The molecule has 3 aromatic rings. The molecule has 0 amide bonds. The fourth-order valence-corrected chi connectivity index (χ4v) is 3.40. The second kappa shape index (κ2) is 6.86. The van der Waals surface area contributed by atoms with Crippen molar-refractivity contribution in [1.82, 2.24) is 4.40 Å². The normalized spacial score (nSPS) is 12.9. The summed E-state index contributed by atoms with van der Waals surface area (Å²) in [6.45, 7) is 0.892. The van der Waals surface area contributed by atoms with Gasteiger partial charge in [-0.15, -0.1) is 0 Å². The first kappa shape index (κ1) is 18.6. The Labute approximate surface area is 152 Å². The maximum Gasteiger partial charge on any atom is 0.454 e. The van der Waals surface area contributed by atoms with Gasteiger partial charge in [0, 0.05) is 16.8 Å². The van der Waals surface area contributed by atoms with Crippen molar-refractivity contribution in [2.75, 3.05) is 6.54 Å². The van der Waals surface area contributed by atoms with E-state index in [1.165, 1.54) is 29.7 Å². The van der Waals surface area contributed by atoms with Crippen LogP contribution in [0.1, 0.15) is 33.1 Å². The van der Waals surface area contributed by atoms with E-state index in [4.69, 9.17) is 0 Å². The molecule has 2 aromatic heterocycles. The predicted octanol–water partition coefficient (Wildman–Crippen LogP) is 4.40. The van der Waals surface area contributed by atoms with Crippen molar-refractivity contribution in [1.29, 1.82) is 0 Å². The van der Waals surface area contributed by atoms with Gasteiger partial charge in [-0.2, -0.15) is 13.2 Å². The number of nitrogens with zero attached hydrogens (tertiary/aromatic N) is 2. The van der Waals surface area contributed by atoms with E-state index in [2.05, 4.69) is 0 Å². The summed E-state index contributed by atoms with van der Waals surface area (Å²) in [6.07, 6.45) is -3.52. The van der Waals surface area contributed by atoms with Gasteiger partial charge in [0.2, 0.25) is 6.54 Å². The Morgan fingerprint density at radius 2 is 1.78 bits per heavy atom. The average Bonchev–Trinajstić information content (AvgIpc) is 2.90. The molecule has 0 spiro atoms. The highest BCUT2D eigenvalue weighted by atomic mass is 19.4. The number of Topliss-reactive ketones (excluding diaryl/α,β-unsaturated/α-hetero) is 1. The Morgan fingerprint density at radius 1 is 1.15 bits per heavy atom. The number of rotatable bonds is 5. The number of halogens is 3. The van der Waals surface area contributed by atoms with E-state index in [-0.39, 0.29) is 11.1 Å². The Hall–Kier alpha value is -3.16. The molecule has 27 heavy (non-hydrogen) atoms. The van der Waals surface area contributed by atoms with E-state index in [0.29, 0.717) is 11.3 Å². The molecular formula is C19H15F3N2O3. The topological polar surface area (TPSA) is 64.6 Å². The first-order chi connectivity index (χ1) is 12.7. The zero-order chi connectivity index (χ0) is 19.8. The number of carbonyl (C=O) groups excluding carboxylic acids is 1. The Bertz CT molecular complexity index is 1010. The zero-order valence-electron chi connectivity index (χ0n) is 14.2. The molecule has 0 aliphatic rings. The molecule has 8 heteroatoms. The van der Waals surface area contributed by atoms with Crippen molar-refractivity contribution in [2.45, 2.75) is 19.0 Å². The number of ketones is 1. The minimum absolute atomic E-state index is 0.0802. The van der Waals surface area contributed by atoms with Crippen LogP contribution < -0.4 is 0 Å². The molecule has 0 saturated carbocycles. The molecule has 1 atom stereocenters. The minimum atomic E-state index is -5.04. The van der Waals surface area contributed by atoms with Gasteiger partial charge in [0.05, 0.1) is 17.0 Å². The Balaban J connectivity index is 2.31. The largest absolute Gasteiger partial charge is 0.454 e. The van der Waals surface area contributed by atoms with Crippen molar-refractivity contribution in [2.24, 2.45) is 0 Å². The van der Waals surface area contributed by atoms with Crippen LogP contribution in [0.3, 0.4) is 0 Å². The lowest BCUT2D eigenvalue weighted by Gasteiger charge is -2.15. The van der Waals surface area contributed by atoms with Gasteiger partial charge < -0.3 is 4.40 Å². The quantitative estimate of drug-likeness (QED) is 0.377. The van der Waals surface area contributed by atoms with Crippen molar-refractivity contribution >= 4 is 11.3 Å². The van der Waals surface area contributed by atoms with Gasteiger partial charge in [0.1, 0.15) is 0 Å². The molecule has 0 fully saturated rings. The van der Waals surface area contributed by atoms with Crippen LogP contribution in [0.5, 0.6) is 0 Å². The van der Waals surface area contributed by atoms with Gasteiger partial charge in [-0.05, 0) is 30.2 Å². The Kier molecular flexibility index (Phi) is 4.73. The zero-order valence-corrected chi connectivity index (χ0v) is 14.2. The third-order valence-corrected chi connectivity index (χ3v) is 4.48. The summed E-state index contributed by atoms with van der Waals surface area (Å²) in [5.41, 5.74) is 0.603. The molecule has 1 aromatic carbocycles. The van der Waals surface area contributed by atoms with E-state index < -0.39 is 34.9 Å². The van der Waals surface area contributed by atoms with E-state index in [0.717, 1.165) is 0 Å². The molecule has 2 heterocycles. The van der Waals surface area contributed by atoms with Gasteiger partial charge in [0.15, 0.2) is 0 Å². The van der Waals surface area contributed by atoms with Crippen molar-refractivity contribution in [3.05, 3.63) is 87.2 Å². The predicted molar refractivity (Wildman–Crippen MR) is 92.7 cm³/mol. The summed E-state index contributed by atoms with van der Waals surface area (Å²) < 4.78 is 40.8. The van der Waals surface area contributed by atoms with Crippen LogP contribution in [0.15, 0.2) is 54.7 Å². The lowest BCUT2D eigenvalue weighted by molar-refractivity contribution is -0.482. The lowest BCUT2D eigenvalue weighted by atomic mass is 9.92. The highest BCUT2D eigenvalue weighted by Gasteiger charge is 2.43. The second-order valence-corrected chi connectivity index (χ2v) is 6.15. The molecular weight excluding hydrogens is 361 g/mol. The van der Waals surface area contributed by atoms with Crippen LogP contribution in [0, 0.1) is 17.0 Å². The number of pyridine rings is 1. The lowest BCUT2D eigenvalue weighted by Crippen LogP contribution is -2.23. The molecule has 5 nitrogen and oxygen atoms in total. The van der Waals surface area contributed by atoms with E-state index in [1.807, 2.05) is 0 Å².